The lowest BCUT2D eigenvalue weighted by atomic mass is 10.1. The minimum Gasteiger partial charge on any atom is -1.00 e. The molecule has 0 spiro atoms. The molecule has 0 aromatic rings. The molecule has 4 heteroatoms. The molecule has 0 heterocycles. The Bertz CT molecular complexity index is 154. The second-order valence-corrected chi connectivity index (χ2v) is 3.61. The van der Waals surface area contributed by atoms with Crippen molar-refractivity contribution in [2.75, 3.05) is 6.61 Å². The molecule has 3 nitrogen and oxygen atoms in total. The molecule has 3 N–H and O–H groups in total. The summed E-state index contributed by atoms with van der Waals surface area (Å²) in [5.41, 5.74) is 3.41. The molecule has 15 heavy (non-hydrogen) atoms. The Morgan fingerprint density at radius 1 is 1.20 bits per heavy atom. The third-order valence-electron chi connectivity index (χ3n) is 2.30. The van der Waals surface area contributed by atoms with E-state index in [9.17, 15) is 4.79 Å². The van der Waals surface area contributed by atoms with Crippen molar-refractivity contribution in [1.29, 1.82) is 0 Å². The number of hydrogen-bond acceptors (Lipinski definition) is 2. The maximum atomic E-state index is 11.0. The molecule has 0 aliphatic heterocycles. The molecule has 0 saturated heterocycles. The predicted molar refractivity (Wildman–Crippen MR) is 56.7 cm³/mol. The fourth-order valence-electron chi connectivity index (χ4n) is 1.47. The molecule has 0 aliphatic rings. The van der Waals surface area contributed by atoms with Gasteiger partial charge in [-0.1, -0.05) is 39.0 Å². The number of amides is 1. The van der Waals surface area contributed by atoms with Crippen LogP contribution in [0.5, 0.6) is 0 Å². The maximum Gasteiger partial charge on any atom is 0.337 e. The maximum absolute atomic E-state index is 11.0. The lowest BCUT2D eigenvalue weighted by Crippen LogP contribution is -3.00. The SMILES string of the molecule is CCCCCCC[C@H](OCC)C([NH3+])=O.[Cl-]. The third-order valence-corrected chi connectivity index (χ3v) is 2.30. The fraction of sp³-hybridized carbons (Fsp3) is 0.909. The van der Waals surface area contributed by atoms with E-state index in [1.54, 1.807) is 0 Å². The summed E-state index contributed by atoms with van der Waals surface area (Å²) in [5, 5.41) is 0. The predicted octanol–water partition coefficient (Wildman–Crippen LogP) is -1.48. The van der Waals surface area contributed by atoms with Crippen molar-refractivity contribution >= 4 is 5.91 Å². The van der Waals surface area contributed by atoms with Gasteiger partial charge in [0.05, 0.1) is 0 Å². The number of rotatable bonds is 9. The molecule has 1 amide bonds. The summed E-state index contributed by atoms with van der Waals surface area (Å²) in [4.78, 5) is 11.0. The van der Waals surface area contributed by atoms with Crippen LogP contribution in [0.4, 0.5) is 0 Å². The molecule has 92 valence electrons. The van der Waals surface area contributed by atoms with Gasteiger partial charge in [0, 0.05) is 6.61 Å². The van der Waals surface area contributed by atoms with Gasteiger partial charge in [0.15, 0.2) is 6.10 Å². The lowest BCUT2D eigenvalue weighted by Gasteiger charge is -2.10. The van der Waals surface area contributed by atoms with Gasteiger partial charge in [0.1, 0.15) is 0 Å². The minimum absolute atomic E-state index is 0. The van der Waals surface area contributed by atoms with Crippen LogP contribution in [-0.4, -0.2) is 18.6 Å². The average Bonchev–Trinajstić information content (AvgIpc) is 2.15. The monoisotopic (exact) mass is 237 g/mol. The highest BCUT2D eigenvalue weighted by Gasteiger charge is 2.17. The number of ether oxygens (including phenoxy) is 1. The lowest BCUT2D eigenvalue weighted by molar-refractivity contribution is -0.317. The van der Waals surface area contributed by atoms with E-state index in [0.29, 0.717) is 6.61 Å². The van der Waals surface area contributed by atoms with Gasteiger partial charge in [-0.3, -0.25) is 5.73 Å². The van der Waals surface area contributed by atoms with Crippen molar-refractivity contribution in [1.82, 2.24) is 0 Å². The smallest absolute Gasteiger partial charge is 0.337 e. The van der Waals surface area contributed by atoms with Crippen LogP contribution in [0, 0.1) is 0 Å². The van der Waals surface area contributed by atoms with Crippen LogP contribution in [-0.2, 0) is 9.53 Å². The van der Waals surface area contributed by atoms with E-state index >= 15 is 0 Å². The topological polar surface area (TPSA) is 53.9 Å². The first-order valence-corrected chi connectivity index (χ1v) is 5.69. The number of hydrogen-bond donors (Lipinski definition) is 1. The first-order valence-electron chi connectivity index (χ1n) is 5.69. The molecule has 0 aliphatic carbocycles. The zero-order chi connectivity index (χ0) is 10.8. The van der Waals surface area contributed by atoms with Crippen molar-refractivity contribution in [2.45, 2.75) is 58.5 Å². The third kappa shape index (κ3) is 10.2. The van der Waals surface area contributed by atoms with Gasteiger partial charge >= 0.3 is 5.91 Å². The van der Waals surface area contributed by atoms with Gasteiger partial charge in [-0.2, -0.15) is 0 Å². The molecule has 0 radical (unpaired) electrons. The average molecular weight is 238 g/mol. The quantitative estimate of drug-likeness (QED) is 0.498. The second-order valence-electron chi connectivity index (χ2n) is 3.61. The van der Waals surface area contributed by atoms with E-state index in [1.165, 1.54) is 25.7 Å². The van der Waals surface area contributed by atoms with Crippen LogP contribution >= 0.6 is 0 Å². The van der Waals surface area contributed by atoms with Crippen molar-refractivity contribution in [3.05, 3.63) is 0 Å². The van der Waals surface area contributed by atoms with E-state index in [-0.39, 0.29) is 24.4 Å². The van der Waals surface area contributed by atoms with Crippen molar-refractivity contribution in [2.24, 2.45) is 0 Å². The summed E-state index contributed by atoms with van der Waals surface area (Å²) in [6.45, 7) is 4.70. The standard InChI is InChI=1S/C11H23NO2.ClH/c1-3-5-6-7-8-9-10(11(12)13)14-4-2;/h10H,3-9H2,1-2H3,(H2,12,13);1H/t10-;/m0./s1. The van der Waals surface area contributed by atoms with Crippen LogP contribution in [0.2, 0.25) is 0 Å². The molecule has 0 aromatic carbocycles. The minimum atomic E-state index is -0.262. The van der Waals surface area contributed by atoms with E-state index in [1.807, 2.05) is 6.92 Å². The second kappa shape index (κ2) is 12.0. The number of quaternary nitrogens is 1. The van der Waals surface area contributed by atoms with Gasteiger partial charge in [0.2, 0.25) is 0 Å². The van der Waals surface area contributed by atoms with Crippen molar-refractivity contribution < 1.29 is 27.7 Å². The first-order chi connectivity index (χ1) is 6.72. The molecule has 0 bridgehead atoms. The van der Waals surface area contributed by atoms with Crippen LogP contribution in [0.15, 0.2) is 0 Å². The van der Waals surface area contributed by atoms with E-state index < -0.39 is 0 Å². The largest absolute Gasteiger partial charge is 1.00 e. The van der Waals surface area contributed by atoms with Crippen LogP contribution in [0.25, 0.3) is 0 Å². The van der Waals surface area contributed by atoms with Gasteiger partial charge < -0.3 is 17.1 Å². The van der Waals surface area contributed by atoms with Gasteiger partial charge in [-0.05, 0) is 13.3 Å². The molecule has 0 unspecified atom stereocenters. The van der Waals surface area contributed by atoms with Crippen LogP contribution in [0.1, 0.15) is 52.4 Å². The summed E-state index contributed by atoms with van der Waals surface area (Å²) in [7, 11) is 0. The van der Waals surface area contributed by atoms with E-state index in [2.05, 4.69) is 12.7 Å². The fourth-order valence-corrected chi connectivity index (χ4v) is 1.47. The Labute approximate surface area is 99.2 Å². The van der Waals surface area contributed by atoms with Crippen molar-refractivity contribution in [3.63, 3.8) is 0 Å². The first kappa shape index (κ1) is 17.3. The van der Waals surface area contributed by atoms with Crippen LogP contribution < -0.4 is 18.1 Å². The Balaban J connectivity index is 0. The zero-order valence-corrected chi connectivity index (χ0v) is 10.7. The summed E-state index contributed by atoms with van der Waals surface area (Å²) in [6.07, 6.45) is 6.65. The number of halogens is 1. The summed E-state index contributed by atoms with van der Waals surface area (Å²) < 4.78 is 5.30. The number of carbonyl (C=O) groups excluding carboxylic acids is 1. The zero-order valence-electron chi connectivity index (χ0n) is 9.93. The Morgan fingerprint density at radius 3 is 2.27 bits per heavy atom. The molecule has 0 aromatic heterocycles. The van der Waals surface area contributed by atoms with Crippen LogP contribution in [0.3, 0.4) is 0 Å². The molecular formula is C11H24ClNO2. The molecular weight excluding hydrogens is 214 g/mol. The van der Waals surface area contributed by atoms with E-state index in [0.717, 1.165) is 12.8 Å². The molecule has 0 fully saturated rings. The normalized spacial score (nSPS) is 11.9. The molecule has 1 atom stereocenters. The van der Waals surface area contributed by atoms with Gasteiger partial charge in [0.25, 0.3) is 0 Å². The van der Waals surface area contributed by atoms with Gasteiger partial charge in [-0.15, -0.1) is 0 Å². The highest BCUT2D eigenvalue weighted by atomic mass is 35.5. The summed E-state index contributed by atoms with van der Waals surface area (Å²) >= 11 is 0. The molecule has 0 rings (SSSR count). The Kier molecular flexibility index (Phi) is 13.8. The Morgan fingerprint density at radius 2 is 1.80 bits per heavy atom. The van der Waals surface area contributed by atoms with E-state index in [4.69, 9.17) is 4.74 Å². The highest BCUT2D eigenvalue weighted by Crippen LogP contribution is 2.08. The number of unbranched alkanes of at least 4 members (excludes halogenated alkanes) is 4. The Hall–Kier alpha value is -0.120. The van der Waals surface area contributed by atoms with Crippen molar-refractivity contribution in [3.8, 4) is 0 Å². The van der Waals surface area contributed by atoms with Gasteiger partial charge in [-0.25, -0.2) is 4.79 Å². The number of carbonyl (C=O) groups is 1. The molecule has 0 saturated carbocycles. The summed E-state index contributed by atoms with van der Waals surface area (Å²) in [6, 6.07) is 0. The summed E-state index contributed by atoms with van der Waals surface area (Å²) in [5.74, 6) is -0.0812. The highest BCUT2D eigenvalue weighted by molar-refractivity contribution is 5.69.